The standard InChI is InChI=1S/C20H17NO/c1-3-7-18(8-4-1)16-22-20-13-11-17(12-14-20)15-21-19-9-5-2-6-10-19/h1-15H,16H2. The molecule has 0 N–H and O–H groups in total. The Labute approximate surface area is 130 Å². The molecule has 3 aromatic carbocycles. The molecule has 0 radical (unpaired) electrons. The summed E-state index contributed by atoms with van der Waals surface area (Å²) in [6, 6.07) is 28.0. The Bertz CT molecular complexity index is 719. The first-order valence-electron chi connectivity index (χ1n) is 7.26. The van der Waals surface area contributed by atoms with E-state index in [2.05, 4.69) is 17.1 Å². The van der Waals surface area contributed by atoms with Gasteiger partial charge in [0.05, 0.1) is 5.69 Å². The quantitative estimate of drug-likeness (QED) is 0.604. The van der Waals surface area contributed by atoms with Crippen molar-refractivity contribution in [3.63, 3.8) is 0 Å². The summed E-state index contributed by atoms with van der Waals surface area (Å²) in [5.41, 5.74) is 3.17. The second kappa shape index (κ2) is 7.23. The van der Waals surface area contributed by atoms with Crippen LogP contribution in [0, 0.1) is 0 Å². The summed E-state index contributed by atoms with van der Waals surface area (Å²) >= 11 is 0. The van der Waals surface area contributed by atoms with Crippen LogP contribution in [0.2, 0.25) is 0 Å². The molecule has 0 atom stereocenters. The third-order valence-corrected chi connectivity index (χ3v) is 3.25. The highest BCUT2D eigenvalue weighted by Crippen LogP contribution is 2.15. The van der Waals surface area contributed by atoms with Gasteiger partial charge in [-0.2, -0.15) is 0 Å². The predicted octanol–water partition coefficient (Wildman–Crippen LogP) is 5.02. The van der Waals surface area contributed by atoms with E-state index < -0.39 is 0 Å². The van der Waals surface area contributed by atoms with Gasteiger partial charge in [0.1, 0.15) is 12.4 Å². The number of rotatable bonds is 5. The lowest BCUT2D eigenvalue weighted by molar-refractivity contribution is 0.306. The molecule has 0 aliphatic carbocycles. The number of para-hydroxylation sites is 1. The Hall–Kier alpha value is -2.87. The molecule has 0 spiro atoms. The average Bonchev–Trinajstić information content (AvgIpc) is 2.61. The van der Waals surface area contributed by atoms with Gasteiger partial charge in [0, 0.05) is 6.21 Å². The largest absolute Gasteiger partial charge is 0.489 e. The molecule has 0 saturated carbocycles. The number of hydrogen-bond acceptors (Lipinski definition) is 2. The van der Waals surface area contributed by atoms with Crippen molar-refractivity contribution in [2.24, 2.45) is 4.99 Å². The maximum atomic E-state index is 5.77. The van der Waals surface area contributed by atoms with Crippen LogP contribution in [0.5, 0.6) is 5.75 Å². The highest BCUT2D eigenvalue weighted by molar-refractivity contribution is 5.82. The van der Waals surface area contributed by atoms with Crippen LogP contribution in [0.25, 0.3) is 0 Å². The minimum absolute atomic E-state index is 0.582. The zero-order chi connectivity index (χ0) is 15.0. The van der Waals surface area contributed by atoms with Crippen molar-refractivity contribution in [2.75, 3.05) is 0 Å². The Balaban J connectivity index is 1.59. The van der Waals surface area contributed by atoms with E-state index in [0.717, 1.165) is 22.6 Å². The number of aliphatic imine (C=N–C) groups is 1. The van der Waals surface area contributed by atoms with Crippen molar-refractivity contribution in [2.45, 2.75) is 6.61 Å². The third-order valence-electron chi connectivity index (χ3n) is 3.25. The fraction of sp³-hybridized carbons (Fsp3) is 0.0500. The Morgan fingerprint density at radius 3 is 2.05 bits per heavy atom. The molecule has 2 heteroatoms. The lowest BCUT2D eigenvalue weighted by Gasteiger charge is -2.06. The van der Waals surface area contributed by atoms with Gasteiger partial charge >= 0.3 is 0 Å². The molecule has 0 fully saturated rings. The Morgan fingerprint density at radius 2 is 1.36 bits per heavy atom. The topological polar surface area (TPSA) is 21.6 Å². The first-order chi connectivity index (χ1) is 10.9. The van der Waals surface area contributed by atoms with Crippen LogP contribution in [0.1, 0.15) is 11.1 Å². The van der Waals surface area contributed by atoms with E-state index in [1.807, 2.05) is 79.0 Å². The van der Waals surface area contributed by atoms with Crippen LogP contribution in [0.15, 0.2) is 89.9 Å². The summed E-state index contributed by atoms with van der Waals surface area (Å²) < 4.78 is 5.77. The first kappa shape index (κ1) is 14.1. The molecular formula is C20H17NO. The molecule has 0 heterocycles. The van der Waals surface area contributed by atoms with E-state index in [4.69, 9.17) is 4.74 Å². The summed E-state index contributed by atoms with van der Waals surface area (Å²) in [5, 5.41) is 0. The molecule has 3 aromatic rings. The van der Waals surface area contributed by atoms with E-state index in [-0.39, 0.29) is 0 Å². The molecule has 3 rings (SSSR count). The van der Waals surface area contributed by atoms with E-state index in [9.17, 15) is 0 Å². The molecule has 0 aliphatic rings. The fourth-order valence-corrected chi connectivity index (χ4v) is 2.05. The zero-order valence-electron chi connectivity index (χ0n) is 12.2. The number of benzene rings is 3. The van der Waals surface area contributed by atoms with Gasteiger partial charge in [-0.25, -0.2) is 0 Å². The summed E-state index contributed by atoms with van der Waals surface area (Å²) in [4.78, 5) is 4.43. The third kappa shape index (κ3) is 4.06. The predicted molar refractivity (Wildman–Crippen MR) is 90.9 cm³/mol. The van der Waals surface area contributed by atoms with Crippen LogP contribution >= 0.6 is 0 Å². The molecule has 22 heavy (non-hydrogen) atoms. The normalized spacial score (nSPS) is 10.7. The van der Waals surface area contributed by atoms with Crippen molar-refractivity contribution < 1.29 is 4.74 Å². The van der Waals surface area contributed by atoms with Crippen molar-refractivity contribution in [3.05, 3.63) is 96.1 Å². The SMILES string of the molecule is C(=Nc1ccccc1)c1ccc(OCc2ccccc2)cc1. The van der Waals surface area contributed by atoms with Gasteiger partial charge in [-0.3, -0.25) is 4.99 Å². The van der Waals surface area contributed by atoms with Crippen LogP contribution in [-0.2, 0) is 6.61 Å². The second-order valence-electron chi connectivity index (χ2n) is 4.94. The number of hydrogen-bond donors (Lipinski definition) is 0. The van der Waals surface area contributed by atoms with Crippen LogP contribution < -0.4 is 4.74 Å². The van der Waals surface area contributed by atoms with Gasteiger partial charge in [-0.05, 0) is 47.5 Å². The molecule has 0 unspecified atom stereocenters. The van der Waals surface area contributed by atoms with Crippen LogP contribution in [-0.4, -0.2) is 6.21 Å². The molecule has 0 bridgehead atoms. The van der Waals surface area contributed by atoms with E-state index in [0.29, 0.717) is 6.61 Å². The number of nitrogens with zero attached hydrogens (tertiary/aromatic N) is 1. The summed E-state index contributed by atoms with van der Waals surface area (Å²) in [5.74, 6) is 0.862. The lowest BCUT2D eigenvalue weighted by atomic mass is 10.2. The first-order valence-corrected chi connectivity index (χ1v) is 7.26. The minimum Gasteiger partial charge on any atom is -0.489 e. The van der Waals surface area contributed by atoms with Crippen LogP contribution in [0.4, 0.5) is 5.69 Å². The smallest absolute Gasteiger partial charge is 0.119 e. The van der Waals surface area contributed by atoms with Crippen molar-refractivity contribution in [1.82, 2.24) is 0 Å². The highest BCUT2D eigenvalue weighted by Gasteiger charge is 1.96. The zero-order valence-corrected chi connectivity index (χ0v) is 12.2. The minimum atomic E-state index is 0.582. The monoisotopic (exact) mass is 287 g/mol. The van der Waals surface area contributed by atoms with Gasteiger partial charge in [0.25, 0.3) is 0 Å². The van der Waals surface area contributed by atoms with Gasteiger partial charge in [0.15, 0.2) is 0 Å². The molecule has 0 aromatic heterocycles. The summed E-state index contributed by atoms with van der Waals surface area (Å²) in [6.07, 6.45) is 1.86. The summed E-state index contributed by atoms with van der Waals surface area (Å²) in [7, 11) is 0. The van der Waals surface area contributed by atoms with Crippen LogP contribution in [0.3, 0.4) is 0 Å². The molecule has 0 aliphatic heterocycles. The van der Waals surface area contributed by atoms with Crippen molar-refractivity contribution in [3.8, 4) is 5.75 Å². The van der Waals surface area contributed by atoms with Gasteiger partial charge in [-0.1, -0.05) is 48.5 Å². The molecule has 108 valence electrons. The molecule has 0 amide bonds. The van der Waals surface area contributed by atoms with Gasteiger partial charge in [0.2, 0.25) is 0 Å². The van der Waals surface area contributed by atoms with E-state index in [1.165, 1.54) is 0 Å². The van der Waals surface area contributed by atoms with E-state index >= 15 is 0 Å². The second-order valence-corrected chi connectivity index (χ2v) is 4.94. The number of ether oxygens (including phenoxy) is 1. The summed E-state index contributed by atoms with van der Waals surface area (Å²) in [6.45, 7) is 0.582. The Kier molecular flexibility index (Phi) is 4.63. The molecule has 2 nitrogen and oxygen atoms in total. The van der Waals surface area contributed by atoms with Crippen molar-refractivity contribution in [1.29, 1.82) is 0 Å². The molecular weight excluding hydrogens is 270 g/mol. The van der Waals surface area contributed by atoms with Crippen molar-refractivity contribution >= 4 is 11.9 Å². The Morgan fingerprint density at radius 1 is 0.727 bits per heavy atom. The van der Waals surface area contributed by atoms with E-state index in [1.54, 1.807) is 0 Å². The maximum absolute atomic E-state index is 5.77. The molecule has 0 saturated heterocycles. The van der Waals surface area contributed by atoms with Gasteiger partial charge in [-0.15, -0.1) is 0 Å². The fourth-order valence-electron chi connectivity index (χ4n) is 2.05. The van der Waals surface area contributed by atoms with Gasteiger partial charge < -0.3 is 4.74 Å². The highest BCUT2D eigenvalue weighted by atomic mass is 16.5. The average molecular weight is 287 g/mol. The maximum Gasteiger partial charge on any atom is 0.119 e. The lowest BCUT2D eigenvalue weighted by Crippen LogP contribution is -1.94.